The number of aryl methyl sites for hydroxylation is 1. The molecule has 1 saturated heterocycles. The zero-order chi connectivity index (χ0) is 15.5. The first-order valence-corrected chi connectivity index (χ1v) is 9.06. The third-order valence-corrected chi connectivity index (χ3v) is 4.89. The van der Waals surface area contributed by atoms with Gasteiger partial charge in [-0.2, -0.15) is 0 Å². The van der Waals surface area contributed by atoms with Crippen molar-refractivity contribution in [2.75, 3.05) is 24.7 Å². The molecule has 1 aliphatic rings. The number of piperidine rings is 1. The molecule has 1 heterocycles. The minimum absolute atomic E-state index is 0.0579. The molecule has 0 saturated carbocycles. The molecule has 21 heavy (non-hydrogen) atoms. The minimum atomic E-state index is -3.27. The van der Waals surface area contributed by atoms with Gasteiger partial charge in [0.05, 0.1) is 4.90 Å². The monoisotopic (exact) mass is 310 g/mol. The molecule has 0 bridgehead atoms. The van der Waals surface area contributed by atoms with E-state index in [0.717, 1.165) is 37.8 Å². The summed E-state index contributed by atoms with van der Waals surface area (Å²) in [5, 5.41) is 6.12. The maximum Gasteiger partial charge on any atom is 0.224 e. The second-order valence-corrected chi connectivity index (χ2v) is 7.73. The maximum atomic E-state index is 12.1. The van der Waals surface area contributed by atoms with Crippen molar-refractivity contribution in [1.82, 2.24) is 5.32 Å². The number of anilines is 1. The van der Waals surface area contributed by atoms with E-state index in [1.54, 1.807) is 12.1 Å². The fraction of sp³-hybridized carbons (Fsp3) is 0.533. The first-order chi connectivity index (χ1) is 9.86. The Hall–Kier alpha value is -1.40. The van der Waals surface area contributed by atoms with Crippen molar-refractivity contribution in [3.8, 4) is 0 Å². The van der Waals surface area contributed by atoms with Crippen molar-refractivity contribution >= 4 is 21.4 Å². The number of rotatable bonds is 4. The van der Waals surface area contributed by atoms with Crippen molar-refractivity contribution in [1.29, 1.82) is 0 Å². The molecule has 1 unspecified atom stereocenters. The van der Waals surface area contributed by atoms with Gasteiger partial charge in [-0.3, -0.25) is 4.79 Å². The summed E-state index contributed by atoms with van der Waals surface area (Å²) in [7, 11) is -3.27. The minimum Gasteiger partial charge on any atom is -0.326 e. The molecule has 2 N–H and O–H groups in total. The van der Waals surface area contributed by atoms with Gasteiger partial charge in [-0.1, -0.05) is 6.07 Å². The molecule has 1 aromatic carbocycles. The average Bonchev–Trinajstić information content (AvgIpc) is 2.41. The Morgan fingerprint density at radius 1 is 1.43 bits per heavy atom. The Kier molecular flexibility index (Phi) is 5.00. The Balaban J connectivity index is 2.06. The number of hydrogen-bond acceptors (Lipinski definition) is 4. The van der Waals surface area contributed by atoms with Crippen molar-refractivity contribution in [2.24, 2.45) is 5.92 Å². The molecule has 1 amide bonds. The van der Waals surface area contributed by atoms with E-state index in [1.807, 2.05) is 6.92 Å². The van der Waals surface area contributed by atoms with Crippen LogP contribution in [0.4, 0.5) is 5.69 Å². The highest BCUT2D eigenvalue weighted by Gasteiger charge is 2.17. The van der Waals surface area contributed by atoms with Crippen LogP contribution < -0.4 is 10.6 Å². The highest BCUT2D eigenvalue weighted by atomic mass is 32.2. The molecule has 5 nitrogen and oxygen atoms in total. The predicted octanol–water partition coefficient (Wildman–Crippen LogP) is 1.73. The van der Waals surface area contributed by atoms with Crippen molar-refractivity contribution < 1.29 is 13.2 Å². The molecule has 2 rings (SSSR count). The first-order valence-electron chi connectivity index (χ1n) is 7.17. The summed E-state index contributed by atoms with van der Waals surface area (Å²) in [5.41, 5.74) is 1.43. The molecule has 1 atom stereocenters. The zero-order valence-corrected chi connectivity index (χ0v) is 13.3. The number of amides is 1. The lowest BCUT2D eigenvalue weighted by atomic mass is 9.96. The van der Waals surface area contributed by atoms with E-state index in [2.05, 4.69) is 10.6 Å². The number of carbonyl (C=O) groups excluding carboxylic acids is 1. The molecule has 0 aliphatic carbocycles. The Morgan fingerprint density at radius 3 is 2.81 bits per heavy atom. The Morgan fingerprint density at radius 2 is 2.19 bits per heavy atom. The summed E-state index contributed by atoms with van der Waals surface area (Å²) in [6, 6.07) is 4.81. The summed E-state index contributed by atoms with van der Waals surface area (Å²) in [6.45, 7) is 3.74. The van der Waals surface area contributed by atoms with Gasteiger partial charge in [-0.25, -0.2) is 8.42 Å². The van der Waals surface area contributed by atoms with Crippen LogP contribution in [0.15, 0.2) is 23.1 Å². The van der Waals surface area contributed by atoms with E-state index in [0.29, 0.717) is 18.0 Å². The van der Waals surface area contributed by atoms with E-state index in [4.69, 9.17) is 0 Å². The molecular weight excluding hydrogens is 288 g/mol. The molecule has 0 spiro atoms. The zero-order valence-electron chi connectivity index (χ0n) is 12.5. The third-order valence-electron chi connectivity index (χ3n) is 3.78. The lowest BCUT2D eigenvalue weighted by molar-refractivity contribution is -0.117. The van der Waals surface area contributed by atoms with Crippen molar-refractivity contribution in [2.45, 2.75) is 31.1 Å². The molecule has 0 aromatic heterocycles. The van der Waals surface area contributed by atoms with E-state index < -0.39 is 9.84 Å². The summed E-state index contributed by atoms with van der Waals surface area (Å²) in [4.78, 5) is 12.3. The number of benzene rings is 1. The quantitative estimate of drug-likeness (QED) is 0.888. The first kappa shape index (κ1) is 16.0. The number of sulfone groups is 1. The third kappa shape index (κ3) is 4.54. The SMILES string of the molecule is Cc1ccc(S(C)(=O)=O)cc1NC(=O)CC1CCCNC1. The van der Waals surface area contributed by atoms with Crippen LogP contribution in [0.3, 0.4) is 0 Å². The molecule has 1 fully saturated rings. The largest absolute Gasteiger partial charge is 0.326 e. The smallest absolute Gasteiger partial charge is 0.224 e. The molecule has 1 aromatic rings. The summed E-state index contributed by atoms with van der Waals surface area (Å²) in [6.07, 6.45) is 3.79. The van der Waals surface area contributed by atoms with Gasteiger partial charge in [0.1, 0.15) is 0 Å². The summed E-state index contributed by atoms with van der Waals surface area (Å²) < 4.78 is 23.2. The van der Waals surface area contributed by atoms with Crippen LogP contribution in [0.5, 0.6) is 0 Å². The van der Waals surface area contributed by atoms with Gasteiger partial charge < -0.3 is 10.6 Å². The maximum absolute atomic E-state index is 12.1. The fourth-order valence-corrected chi connectivity index (χ4v) is 3.18. The fourth-order valence-electron chi connectivity index (χ4n) is 2.53. The van der Waals surface area contributed by atoms with Crippen LogP contribution in [0.1, 0.15) is 24.8 Å². The van der Waals surface area contributed by atoms with Crippen LogP contribution in [-0.2, 0) is 14.6 Å². The topological polar surface area (TPSA) is 75.3 Å². The van der Waals surface area contributed by atoms with Gasteiger partial charge in [0, 0.05) is 18.4 Å². The lowest BCUT2D eigenvalue weighted by Crippen LogP contribution is -2.32. The van der Waals surface area contributed by atoms with E-state index >= 15 is 0 Å². The molecular formula is C15H22N2O3S. The lowest BCUT2D eigenvalue weighted by Gasteiger charge is -2.22. The van der Waals surface area contributed by atoms with Crippen molar-refractivity contribution in [3.63, 3.8) is 0 Å². The van der Waals surface area contributed by atoms with Gasteiger partial charge in [-0.05, 0) is 56.5 Å². The van der Waals surface area contributed by atoms with Gasteiger partial charge in [0.25, 0.3) is 0 Å². The highest BCUT2D eigenvalue weighted by Crippen LogP contribution is 2.21. The van der Waals surface area contributed by atoms with E-state index in [1.165, 1.54) is 6.07 Å². The van der Waals surface area contributed by atoms with E-state index in [9.17, 15) is 13.2 Å². The second-order valence-electron chi connectivity index (χ2n) is 5.71. The number of nitrogens with one attached hydrogen (secondary N) is 2. The Bertz CT molecular complexity index is 620. The number of hydrogen-bond donors (Lipinski definition) is 2. The molecule has 1 aliphatic heterocycles. The molecule has 0 radical (unpaired) electrons. The molecule has 116 valence electrons. The van der Waals surface area contributed by atoms with Crippen LogP contribution >= 0.6 is 0 Å². The van der Waals surface area contributed by atoms with Crippen LogP contribution in [0, 0.1) is 12.8 Å². The van der Waals surface area contributed by atoms with Crippen molar-refractivity contribution in [3.05, 3.63) is 23.8 Å². The average molecular weight is 310 g/mol. The normalized spacial score (nSPS) is 19.2. The van der Waals surface area contributed by atoms with Gasteiger partial charge in [0.15, 0.2) is 9.84 Å². The Labute approximate surface area is 126 Å². The standard InChI is InChI=1S/C15H22N2O3S/c1-11-5-6-13(21(2,19)20)9-14(11)17-15(18)8-12-4-3-7-16-10-12/h5-6,9,12,16H,3-4,7-8,10H2,1-2H3,(H,17,18). The van der Waals surface area contributed by atoms with Crippen LogP contribution in [-0.4, -0.2) is 33.7 Å². The van der Waals surface area contributed by atoms with Crippen LogP contribution in [0.2, 0.25) is 0 Å². The highest BCUT2D eigenvalue weighted by molar-refractivity contribution is 7.90. The van der Waals surface area contributed by atoms with Gasteiger partial charge in [-0.15, -0.1) is 0 Å². The predicted molar refractivity (Wildman–Crippen MR) is 83.1 cm³/mol. The summed E-state index contributed by atoms with van der Waals surface area (Å²) in [5.74, 6) is 0.301. The second kappa shape index (κ2) is 6.58. The van der Waals surface area contributed by atoms with E-state index in [-0.39, 0.29) is 10.8 Å². The number of carbonyl (C=O) groups is 1. The van der Waals surface area contributed by atoms with Crippen LogP contribution in [0.25, 0.3) is 0 Å². The van der Waals surface area contributed by atoms with Gasteiger partial charge in [0.2, 0.25) is 5.91 Å². The summed E-state index contributed by atoms with van der Waals surface area (Å²) >= 11 is 0. The molecule has 6 heteroatoms. The van der Waals surface area contributed by atoms with Gasteiger partial charge >= 0.3 is 0 Å².